The quantitative estimate of drug-likeness (QED) is 0.394. The first-order valence-corrected chi connectivity index (χ1v) is 17.6. The first-order chi connectivity index (χ1) is 21.9. The summed E-state index contributed by atoms with van der Waals surface area (Å²) in [5, 5.41) is 13.0. The molecule has 46 heavy (non-hydrogen) atoms. The van der Waals surface area contributed by atoms with E-state index in [2.05, 4.69) is 52.1 Å². The Hall–Kier alpha value is -3.29. The summed E-state index contributed by atoms with van der Waals surface area (Å²) in [7, 11) is 2.51. The number of rotatable bonds is 7. The molecule has 1 amide bonds. The van der Waals surface area contributed by atoms with Gasteiger partial charge in [0.25, 0.3) is 5.91 Å². The average molecular weight is 651 g/mol. The van der Waals surface area contributed by atoms with Crippen LogP contribution in [-0.4, -0.2) is 103 Å². The monoisotopic (exact) mass is 650 g/mol. The van der Waals surface area contributed by atoms with Crippen LogP contribution in [0.5, 0.6) is 5.75 Å². The van der Waals surface area contributed by atoms with Crippen LogP contribution in [0.3, 0.4) is 0 Å². The number of carbonyl (C=O) groups excluding carboxylic acids is 1. The fourth-order valence-electron chi connectivity index (χ4n) is 7.35. The zero-order valence-corrected chi connectivity index (χ0v) is 28.5. The Morgan fingerprint density at radius 1 is 1.09 bits per heavy atom. The van der Waals surface area contributed by atoms with Gasteiger partial charge in [0.05, 0.1) is 12.8 Å². The van der Waals surface area contributed by atoms with Crippen molar-refractivity contribution in [2.45, 2.75) is 76.7 Å². The Bertz CT molecular complexity index is 1770. The lowest BCUT2D eigenvalue weighted by Crippen LogP contribution is -2.58. The Labute approximate surface area is 272 Å². The highest BCUT2D eigenvalue weighted by atomic mass is 32.2. The molecular weight excluding hydrogens is 604 g/mol. The van der Waals surface area contributed by atoms with Crippen LogP contribution in [0.15, 0.2) is 35.9 Å². The Kier molecular flexibility index (Phi) is 9.03. The number of aliphatic hydroxyl groups excluding tert-OH is 1. The van der Waals surface area contributed by atoms with Crippen LogP contribution in [0, 0.1) is 0 Å². The van der Waals surface area contributed by atoms with Gasteiger partial charge in [0.15, 0.2) is 0 Å². The lowest BCUT2D eigenvalue weighted by atomic mass is 9.81. The highest BCUT2D eigenvalue weighted by Gasteiger charge is 2.35. The van der Waals surface area contributed by atoms with Gasteiger partial charge in [0, 0.05) is 56.8 Å². The number of pyridine rings is 1. The van der Waals surface area contributed by atoms with Gasteiger partial charge in [-0.1, -0.05) is 19.3 Å². The van der Waals surface area contributed by atoms with Gasteiger partial charge in [-0.25, -0.2) is 9.71 Å². The summed E-state index contributed by atoms with van der Waals surface area (Å²) in [6.45, 7) is 6.16. The van der Waals surface area contributed by atoms with E-state index in [1.165, 1.54) is 26.1 Å². The minimum absolute atomic E-state index is 0.0143. The minimum atomic E-state index is -4.00. The molecule has 2 aliphatic heterocycles. The average Bonchev–Trinajstić information content (AvgIpc) is 3.25. The molecule has 12 heteroatoms. The van der Waals surface area contributed by atoms with Gasteiger partial charge in [-0.2, -0.15) is 12.7 Å². The molecule has 3 aliphatic rings. The van der Waals surface area contributed by atoms with Crippen LogP contribution in [0.2, 0.25) is 0 Å². The lowest BCUT2D eigenvalue weighted by molar-refractivity contribution is -0.0358. The number of nitrogens with zero attached hydrogens (tertiary/aromatic N) is 5. The highest BCUT2D eigenvalue weighted by molar-refractivity contribution is 7.87. The molecule has 2 fully saturated rings. The molecule has 1 saturated heterocycles. The van der Waals surface area contributed by atoms with E-state index in [0.29, 0.717) is 18.1 Å². The van der Waals surface area contributed by atoms with E-state index in [1.54, 1.807) is 13.2 Å². The van der Waals surface area contributed by atoms with Crippen LogP contribution >= 0.6 is 0 Å². The van der Waals surface area contributed by atoms with Crippen LogP contribution in [0.1, 0.15) is 73.5 Å². The third-order valence-corrected chi connectivity index (χ3v) is 11.6. The van der Waals surface area contributed by atoms with Crippen molar-refractivity contribution in [3.8, 4) is 17.0 Å². The maximum atomic E-state index is 13.2. The molecule has 0 spiro atoms. The molecule has 11 nitrogen and oxygen atoms in total. The number of fused-ring (bicyclic) bond motifs is 5. The first kappa shape index (κ1) is 32.6. The summed E-state index contributed by atoms with van der Waals surface area (Å²) in [6, 6.07) is 10.1. The predicted octanol–water partition coefficient (Wildman–Crippen LogP) is 4.04. The third-order valence-electron chi connectivity index (χ3n) is 10.2. The molecule has 1 aromatic carbocycles. The Balaban J connectivity index is 1.54. The van der Waals surface area contributed by atoms with Gasteiger partial charge in [0.2, 0.25) is 0 Å². The number of ether oxygens (including phenoxy) is 1. The number of benzene rings is 1. The summed E-state index contributed by atoms with van der Waals surface area (Å²) in [5.41, 5.74) is 5.64. The van der Waals surface area contributed by atoms with E-state index >= 15 is 0 Å². The van der Waals surface area contributed by atoms with Crippen molar-refractivity contribution >= 4 is 33.2 Å². The number of nitrogens with one attached hydrogen (secondary N) is 1. The van der Waals surface area contributed by atoms with E-state index in [-0.39, 0.29) is 17.8 Å². The maximum Gasteiger partial charge on any atom is 0.303 e. The summed E-state index contributed by atoms with van der Waals surface area (Å²) in [5.74, 6) is 0.248. The fourth-order valence-corrected chi connectivity index (χ4v) is 7.87. The molecule has 2 aromatic heterocycles. The molecule has 3 aromatic rings. The predicted molar refractivity (Wildman–Crippen MR) is 180 cm³/mol. The normalized spacial score (nSPS) is 22.2. The van der Waals surface area contributed by atoms with Crippen LogP contribution < -0.4 is 9.46 Å². The number of methoxy groups -OCH3 is 1. The van der Waals surface area contributed by atoms with Crippen molar-refractivity contribution in [3.05, 3.63) is 52.7 Å². The number of aliphatic hydroxyl groups is 1. The number of amides is 1. The third kappa shape index (κ3) is 5.97. The number of hydrogen-bond acceptors (Lipinski definition) is 8. The number of hydrogen-bond donors (Lipinski definition) is 2. The number of likely N-dealkylation sites (N-methyl/N-ethyl adjacent to an activating group) is 1. The second-order valence-corrected chi connectivity index (χ2v) is 15.2. The van der Waals surface area contributed by atoms with Crippen molar-refractivity contribution in [3.63, 3.8) is 0 Å². The topological polar surface area (TPSA) is 120 Å². The lowest BCUT2D eigenvalue weighted by Gasteiger charge is -2.44. The van der Waals surface area contributed by atoms with Crippen molar-refractivity contribution < 1.29 is 23.1 Å². The van der Waals surface area contributed by atoms with Crippen molar-refractivity contribution in [2.75, 3.05) is 41.3 Å². The van der Waals surface area contributed by atoms with Crippen LogP contribution in [0.4, 0.5) is 0 Å². The Morgan fingerprint density at radius 2 is 1.78 bits per heavy atom. The maximum absolute atomic E-state index is 13.2. The van der Waals surface area contributed by atoms with Gasteiger partial charge in [-0.15, -0.1) is 0 Å². The van der Waals surface area contributed by atoms with Gasteiger partial charge < -0.3 is 14.4 Å². The first-order valence-electron chi connectivity index (χ1n) is 16.2. The van der Waals surface area contributed by atoms with Crippen molar-refractivity contribution in [1.29, 1.82) is 0 Å². The summed E-state index contributed by atoms with van der Waals surface area (Å²) in [6.07, 6.45) is 6.86. The molecule has 2 N–H and O–H groups in total. The highest BCUT2D eigenvalue weighted by Crippen LogP contribution is 2.47. The molecule has 2 unspecified atom stereocenters. The molecule has 1 saturated carbocycles. The SMILES string of the molecule is COc1ccc2c(c1)C=C(C(O)N1CC(C)N(C)[C@@H](C)C1)Cn1c-2c(C2CCCCC2)c2ccc(C(=O)NS(=O)(=O)N(C)C)nc21. The number of piperazine rings is 1. The van der Waals surface area contributed by atoms with Crippen molar-refractivity contribution in [2.24, 2.45) is 0 Å². The summed E-state index contributed by atoms with van der Waals surface area (Å²) >= 11 is 0. The zero-order chi connectivity index (χ0) is 32.9. The van der Waals surface area contributed by atoms with Gasteiger partial charge >= 0.3 is 10.2 Å². The standard InChI is InChI=1S/C34H46N6O5S/c1-21-18-39(19-22(2)38(21)5)34(42)25-16-24-17-26(45-6)12-13-27(24)31-30(23-10-8-7-9-11-23)28-14-15-29(35-32(28)40(31)20-25)33(41)36-46(43,44)37(3)4/h12-17,21-23,34,42H,7-11,18-20H2,1-6H3,(H,36,41)/t21-,22?,34?/m0/s1. The van der Waals surface area contributed by atoms with Gasteiger partial charge in [-0.05, 0) is 92.8 Å². The molecule has 4 heterocycles. The van der Waals surface area contributed by atoms with Crippen LogP contribution in [-0.2, 0) is 16.8 Å². The smallest absolute Gasteiger partial charge is 0.303 e. The Morgan fingerprint density at radius 3 is 2.43 bits per heavy atom. The molecule has 6 rings (SSSR count). The molecular formula is C34H46N6O5S. The molecule has 248 valence electrons. The number of carbonyl (C=O) groups is 1. The summed E-state index contributed by atoms with van der Waals surface area (Å²) < 4.78 is 35.8. The van der Waals surface area contributed by atoms with E-state index in [1.807, 2.05) is 18.2 Å². The second-order valence-electron chi connectivity index (χ2n) is 13.3. The molecule has 0 bridgehead atoms. The largest absolute Gasteiger partial charge is 0.497 e. The zero-order valence-electron chi connectivity index (χ0n) is 27.7. The van der Waals surface area contributed by atoms with E-state index in [9.17, 15) is 18.3 Å². The van der Waals surface area contributed by atoms with E-state index in [4.69, 9.17) is 9.72 Å². The number of aromatic nitrogens is 2. The second kappa shape index (κ2) is 12.7. The fraction of sp³-hybridized carbons (Fsp3) is 0.529. The molecule has 3 atom stereocenters. The van der Waals surface area contributed by atoms with Crippen LogP contribution in [0.25, 0.3) is 28.4 Å². The van der Waals surface area contributed by atoms with E-state index < -0.39 is 22.3 Å². The molecule has 0 radical (unpaired) electrons. The van der Waals surface area contributed by atoms with E-state index in [0.717, 1.165) is 76.6 Å². The van der Waals surface area contributed by atoms with Gasteiger partial charge in [-0.3, -0.25) is 14.6 Å². The van der Waals surface area contributed by atoms with Crippen molar-refractivity contribution in [1.82, 2.24) is 28.4 Å². The van der Waals surface area contributed by atoms with Gasteiger partial charge in [0.1, 0.15) is 23.3 Å². The minimum Gasteiger partial charge on any atom is -0.497 e. The summed E-state index contributed by atoms with van der Waals surface area (Å²) in [4.78, 5) is 22.6. The molecule has 1 aliphatic carbocycles.